The molecule has 1 heterocycles. The van der Waals surface area contributed by atoms with Gasteiger partial charge >= 0.3 is 0 Å². The van der Waals surface area contributed by atoms with Crippen LogP contribution < -0.4 is 5.32 Å². The van der Waals surface area contributed by atoms with E-state index < -0.39 is 0 Å². The average molecular weight is 305 g/mol. The summed E-state index contributed by atoms with van der Waals surface area (Å²) in [7, 11) is 0. The van der Waals surface area contributed by atoms with Gasteiger partial charge in [0, 0.05) is 18.3 Å². The van der Waals surface area contributed by atoms with E-state index in [0.29, 0.717) is 16.1 Å². The quantitative estimate of drug-likeness (QED) is 0.866. The molecular weight excluding hydrogens is 284 g/mol. The highest BCUT2D eigenvalue weighted by molar-refractivity contribution is 6.29. The second-order valence-electron chi connectivity index (χ2n) is 7.47. The second-order valence-corrected chi connectivity index (χ2v) is 7.85. The average Bonchev–Trinajstić information content (AvgIpc) is 2.43. The smallest absolute Gasteiger partial charge is 0.251 e. The molecule has 4 aliphatic rings. The van der Waals surface area contributed by atoms with Gasteiger partial charge in [0.1, 0.15) is 5.15 Å². The summed E-state index contributed by atoms with van der Waals surface area (Å²) in [6.45, 7) is 0.829. The summed E-state index contributed by atoms with van der Waals surface area (Å²) < 4.78 is 0. The van der Waals surface area contributed by atoms with E-state index in [1.165, 1.54) is 38.5 Å². The van der Waals surface area contributed by atoms with Crippen molar-refractivity contribution in [2.45, 2.75) is 38.5 Å². The molecule has 4 fully saturated rings. The fourth-order valence-corrected chi connectivity index (χ4v) is 5.59. The Morgan fingerprint density at radius 3 is 2.43 bits per heavy atom. The maximum Gasteiger partial charge on any atom is 0.251 e. The summed E-state index contributed by atoms with van der Waals surface area (Å²) >= 11 is 5.85. The van der Waals surface area contributed by atoms with E-state index in [-0.39, 0.29) is 5.91 Å². The summed E-state index contributed by atoms with van der Waals surface area (Å²) in [5.74, 6) is 2.74. The summed E-state index contributed by atoms with van der Waals surface area (Å²) in [4.78, 5) is 16.2. The van der Waals surface area contributed by atoms with E-state index >= 15 is 0 Å². The van der Waals surface area contributed by atoms with E-state index in [9.17, 15) is 4.79 Å². The van der Waals surface area contributed by atoms with Gasteiger partial charge < -0.3 is 5.32 Å². The van der Waals surface area contributed by atoms with Crippen molar-refractivity contribution in [2.75, 3.05) is 6.54 Å². The minimum Gasteiger partial charge on any atom is -0.351 e. The number of hydrogen-bond donors (Lipinski definition) is 1. The molecule has 5 rings (SSSR count). The molecule has 0 saturated heterocycles. The van der Waals surface area contributed by atoms with E-state index in [2.05, 4.69) is 10.3 Å². The number of aromatic nitrogens is 1. The molecule has 3 nitrogen and oxygen atoms in total. The molecule has 0 aliphatic heterocycles. The minimum absolute atomic E-state index is 0.0185. The first-order valence-corrected chi connectivity index (χ1v) is 8.39. The van der Waals surface area contributed by atoms with Crippen molar-refractivity contribution in [3.05, 3.63) is 29.0 Å². The molecular formula is C17H21ClN2O. The fourth-order valence-electron chi connectivity index (χ4n) is 5.42. The minimum atomic E-state index is -0.0185. The zero-order valence-corrected chi connectivity index (χ0v) is 12.9. The molecule has 1 N–H and O–H groups in total. The van der Waals surface area contributed by atoms with Crippen molar-refractivity contribution < 1.29 is 4.79 Å². The largest absolute Gasteiger partial charge is 0.351 e. The highest BCUT2D eigenvalue weighted by Crippen LogP contribution is 2.59. The monoisotopic (exact) mass is 304 g/mol. The van der Waals surface area contributed by atoms with Crippen LogP contribution >= 0.6 is 11.6 Å². The number of hydrogen-bond acceptors (Lipinski definition) is 2. The van der Waals surface area contributed by atoms with Gasteiger partial charge in [0.15, 0.2) is 0 Å². The van der Waals surface area contributed by atoms with Gasteiger partial charge in [-0.05, 0) is 73.8 Å². The Hall–Kier alpha value is -1.09. The summed E-state index contributed by atoms with van der Waals surface area (Å²) in [6.07, 6.45) is 9.85. The maximum absolute atomic E-state index is 12.3. The Balaban J connectivity index is 1.44. The first kappa shape index (κ1) is 13.6. The predicted octanol–water partition coefficient (Wildman–Crippen LogP) is 3.68. The molecule has 0 aromatic carbocycles. The van der Waals surface area contributed by atoms with Crippen molar-refractivity contribution in [1.29, 1.82) is 0 Å². The van der Waals surface area contributed by atoms with Gasteiger partial charge in [0.2, 0.25) is 0 Å². The van der Waals surface area contributed by atoms with Crippen molar-refractivity contribution >= 4 is 17.5 Å². The number of carbonyl (C=O) groups is 1. The normalized spacial score (nSPS) is 36.7. The van der Waals surface area contributed by atoms with Crippen LogP contribution in [0.2, 0.25) is 5.15 Å². The van der Waals surface area contributed by atoms with E-state index in [1.54, 1.807) is 18.3 Å². The number of nitrogens with zero attached hydrogens (tertiary/aromatic N) is 1. The lowest BCUT2D eigenvalue weighted by molar-refractivity contribution is -0.0503. The molecule has 0 atom stereocenters. The van der Waals surface area contributed by atoms with Crippen LogP contribution in [-0.2, 0) is 0 Å². The maximum atomic E-state index is 12.3. The lowest BCUT2D eigenvalue weighted by Gasteiger charge is -2.56. The van der Waals surface area contributed by atoms with Gasteiger partial charge in [0.25, 0.3) is 5.91 Å². The van der Waals surface area contributed by atoms with Crippen molar-refractivity contribution in [2.24, 2.45) is 23.2 Å². The molecule has 1 aromatic heterocycles. The van der Waals surface area contributed by atoms with E-state index in [0.717, 1.165) is 24.3 Å². The number of rotatable bonds is 3. The van der Waals surface area contributed by atoms with Crippen LogP contribution in [0.3, 0.4) is 0 Å². The van der Waals surface area contributed by atoms with Crippen LogP contribution in [0.1, 0.15) is 48.9 Å². The fraction of sp³-hybridized carbons (Fsp3) is 0.647. The van der Waals surface area contributed by atoms with Crippen LogP contribution in [0.15, 0.2) is 18.3 Å². The molecule has 4 aliphatic carbocycles. The topological polar surface area (TPSA) is 42.0 Å². The number of nitrogens with one attached hydrogen (secondary N) is 1. The predicted molar refractivity (Wildman–Crippen MR) is 82.2 cm³/mol. The zero-order valence-electron chi connectivity index (χ0n) is 12.1. The lowest BCUT2D eigenvalue weighted by atomic mass is 9.49. The SMILES string of the molecule is O=C(NCC12CC3CC(CC(C3)C1)C2)c1ccnc(Cl)c1. The molecule has 0 spiro atoms. The highest BCUT2D eigenvalue weighted by Gasteiger charge is 2.50. The summed E-state index contributed by atoms with van der Waals surface area (Å²) in [5, 5.41) is 3.53. The Morgan fingerprint density at radius 2 is 1.86 bits per heavy atom. The molecule has 0 unspecified atom stereocenters. The van der Waals surface area contributed by atoms with Crippen LogP contribution in [0, 0.1) is 23.2 Å². The van der Waals surface area contributed by atoms with Gasteiger partial charge in [-0.15, -0.1) is 0 Å². The van der Waals surface area contributed by atoms with Gasteiger partial charge in [-0.2, -0.15) is 0 Å². The first-order valence-electron chi connectivity index (χ1n) is 8.02. The number of carbonyl (C=O) groups excluding carboxylic acids is 1. The number of pyridine rings is 1. The van der Waals surface area contributed by atoms with Gasteiger partial charge in [-0.1, -0.05) is 11.6 Å². The molecule has 112 valence electrons. The van der Waals surface area contributed by atoms with Gasteiger partial charge in [-0.25, -0.2) is 4.98 Å². The van der Waals surface area contributed by atoms with Crippen LogP contribution in [0.4, 0.5) is 0 Å². The summed E-state index contributed by atoms with van der Waals surface area (Å²) in [6, 6.07) is 3.36. The Kier molecular flexibility index (Phi) is 3.21. The standard InChI is InChI=1S/C17H21ClN2O/c18-15-6-14(1-2-19-15)16(21)20-10-17-7-11-3-12(8-17)5-13(4-11)9-17/h1-2,6,11-13H,3-5,7-10H2,(H,20,21). The molecule has 4 bridgehead atoms. The van der Waals surface area contributed by atoms with Gasteiger partial charge in [0.05, 0.1) is 0 Å². The third kappa shape index (κ3) is 2.57. The molecule has 4 saturated carbocycles. The molecule has 0 radical (unpaired) electrons. The van der Waals surface area contributed by atoms with Gasteiger partial charge in [-0.3, -0.25) is 4.79 Å². The van der Waals surface area contributed by atoms with Crippen LogP contribution in [-0.4, -0.2) is 17.4 Å². The molecule has 1 aromatic rings. The molecule has 1 amide bonds. The third-order valence-corrected chi connectivity index (χ3v) is 5.98. The first-order chi connectivity index (χ1) is 10.1. The van der Waals surface area contributed by atoms with Crippen molar-refractivity contribution in [1.82, 2.24) is 10.3 Å². The molecule has 21 heavy (non-hydrogen) atoms. The number of amides is 1. The van der Waals surface area contributed by atoms with E-state index in [1.807, 2.05) is 0 Å². The zero-order chi connectivity index (χ0) is 14.4. The van der Waals surface area contributed by atoms with Crippen molar-refractivity contribution in [3.8, 4) is 0 Å². The summed E-state index contributed by atoms with van der Waals surface area (Å²) in [5.41, 5.74) is 0.987. The van der Waals surface area contributed by atoms with Crippen molar-refractivity contribution in [3.63, 3.8) is 0 Å². The number of halogens is 1. The Bertz CT molecular complexity index is 536. The van der Waals surface area contributed by atoms with Crippen LogP contribution in [0.25, 0.3) is 0 Å². The van der Waals surface area contributed by atoms with E-state index in [4.69, 9.17) is 11.6 Å². The van der Waals surface area contributed by atoms with Crippen LogP contribution in [0.5, 0.6) is 0 Å². The lowest BCUT2D eigenvalue weighted by Crippen LogP contribution is -2.51. The molecule has 4 heteroatoms. The Morgan fingerprint density at radius 1 is 1.24 bits per heavy atom. The highest BCUT2D eigenvalue weighted by atomic mass is 35.5. The Labute approximate surface area is 130 Å². The third-order valence-electron chi connectivity index (χ3n) is 5.78. The second kappa shape index (κ2) is 4.98.